The fraction of sp³-hybridized carbons (Fsp3) is 0.350. The topological polar surface area (TPSA) is 38.3 Å². The van der Waals surface area contributed by atoms with Gasteiger partial charge in [-0.05, 0) is 62.1 Å². The molecule has 0 unspecified atom stereocenters. The van der Waals surface area contributed by atoms with E-state index in [-0.39, 0.29) is 5.91 Å². The van der Waals surface area contributed by atoms with Crippen molar-refractivity contribution in [1.29, 1.82) is 0 Å². The van der Waals surface area contributed by atoms with Crippen LogP contribution in [0.5, 0.6) is 5.75 Å². The van der Waals surface area contributed by atoms with Crippen molar-refractivity contribution in [3.63, 3.8) is 0 Å². The summed E-state index contributed by atoms with van der Waals surface area (Å²) in [4.78, 5) is 13.2. The van der Waals surface area contributed by atoms with E-state index >= 15 is 0 Å². The van der Waals surface area contributed by atoms with E-state index in [0.29, 0.717) is 12.5 Å². The highest BCUT2D eigenvalue weighted by Crippen LogP contribution is 2.25. The highest BCUT2D eigenvalue weighted by atomic mass is 32.2. The zero-order valence-electron chi connectivity index (χ0n) is 13.7. The van der Waals surface area contributed by atoms with Gasteiger partial charge in [-0.3, -0.25) is 4.79 Å². The average molecular weight is 341 g/mol. The van der Waals surface area contributed by atoms with Crippen LogP contribution >= 0.6 is 11.8 Å². The second kappa shape index (κ2) is 8.78. The van der Waals surface area contributed by atoms with Crippen LogP contribution in [0, 0.1) is 0 Å². The van der Waals surface area contributed by atoms with Crippen molar-refractivity contribution in [1.82, 2.24) is 0 Å². The maximum absolute atomic E-state index is 12.0. The zero-order valence-corrected chi connectivity index (χ0v) is 14.6. The molecule has 2 aromatic rings. The minimum Gasteiger partial charge on any atom is -0.490 e. The Morgan fingerprint density at radius 1 is 1.04 bits per heavy atom. The van der Waals surface area contributed by atoms with Crippen molar-refractivity contribution in [3.05, 3.63) is 54.6 Å². The van der Waals surface area contributed by atoms with Crippen LogP contribution in [0.3, 0.4) is 0 Å². The first-order valence-electron chi connectivity index (χ1n) is 8.54. The summed E-state index contributed by atoms with van der Waals surface area (Å²) in [5.41, 5.74) is 0.823. The summed E-state index contributed by atoms with van der Waals surface area (Å²) in [6.07, 6.45) is 5.69. The number of carbonyl (C=O) groups excluding carboxylic acids is 1. The molecule has 1 saturated carbocycles. The first-order chi connectivity index (χ1) is 11.8. The zero-order chi connectivity index (χ0) is 16.6. The van der Waals surface area contributed by atoms with Gasteiger partial charge in [0.15, 0.2) is 0 Å². The van der Waals surface area contributed by atoms with E-state index in [1.165, 1.54) is 17.7 Å². The number of thioether (sulfide) groups is 1. The number of anilines is 1. The molecule has 0 atom stereocenters. The third-order valence-electron chi connectivity index (χ3n) is 4.08. The van der Waals surface area contributed by atoms with Gasteiger partial charge < -0.3 is 10.1 Å². The van der Waals surface area contributed by atoms with Gasteiger partial charge >= 0.3 is 0 Å². The fourth-order valence-corrected chi connectivity index (χ4v) is 3.69. The summed E-state index contributed by atoms with van der Waals surface area (Å²) < 4.78 is 5.93. The molecule has 3 rings (SSSR count). The number of benzene rings is 2. The van der Waals surface area contributed by atoms with E-state index in [1.54, 1.807) is 11.8 Å². The molecule has 0 spiro atoms. The predicted molar refractivity (Wildman–Crippen MR) is 99.7 cm³/mol. The molecular weight excluding hydrogens is 318 g/mol. The lowest BCUT2D eigenvalue weighted by atomic mass is 10.2. The molecule has 0 aliphatic heterocycles. The molecule has 1 N–H and O–H groups in total. The number of amides is 1. The Bertz CT molecular complexity index is 636. The summed E-state index contributed by atoms with van der Waals surface area (Å²) >= 11 is 1.70. The Morgan fingerprint density at radius 3 is 2.46 bits per heavy atom. The summed E-state index contributed by atoms with van der Waals surface area (Å²) in [7, 11) is 0. The monoisotopic (exact) mass is 341 g/mol. The van der Waals surface area contributed by atoms with E-state index in [0.717, 1.165) is 30.0 Å². The van der Waals surface area contributed by atoms with Crippen molar-refractivity contribution in [3.8, 4) is 5.75 Å². The van der Waals surface area contributed by atoms with E-state index < -0.39 is 0 Å². The fourth-order valence-electron chi connectivity index (χ4n) is 2.82. The van der Waals surface area contributed by atoms with Crippen LogP contribution in [-0.2, 0) is 4.79 Å². The third kappa shape index (κ3) is 5.31. The Morgan fingerprint density at radius 2 is 1.75 bits per heavy atom. The molecule has 3 nitrogen and oxygen atoms in total. The summed E-state index contributed by atoms with van der Waals surface area (Å²) in [6.45, 7) is 0. The van der Waals surface area contributed by atoms with Crippen molar-refractivity contribution in [2.24, 2.45) is 0 Å². The summed E-state index contributed by atoms with van der Waals surface area (Å²) in [5, 5.41) is 2.94. The van der Waals surface area contributed by atoms with Crippen molar-refractivity contribution >= 4 is 23.4 Å². The van der Waals surface area contributed by atoms with Crippen LogP contribution in [0.25, 0.3) is 0 Å². The molecule has 0 saturated heterocycles. The second-order valence-electron chi connectivity index (χ2n) is 6.01. The molecule has 1 aliphatic carbocycles. The van der Waals surface area contributed by atoms with E-state index in [1.807, 2.05) is 42.5 Å². The quantitative estimate of drug-likeness (QED) is 0.710. The molecule has 1 fully saturated rings. The van der Waals surface area contributed by atoms with E-state index in [4.69, 9.17) is 4.74 Å². The van der Waals surface area contributed by atoms with Gasteiger partial charge in [0.2, 0.25) is 5.91 Å². The van der Waals surface area contributed by atoms with Crippen molar-refractivity contribution in [2.75, 3.05) is 11.1 Å². The van der Waals surface area contributed by atoms with Gasteiger partial charge in [-0.1, -0.05) is 18.2 Å². The van der Waals surface area contributed by atoms with Crippen LogP contribution in [0.1, 0.15) is 32.1 Å². The van der Waals surface area contributed by atoms with E-state index in [2.05, 4.69) is 17.4 Å². The highest BCUT2D eigenvalue weighted by Gasteiger charge is 2.16. The van der Waals surface area contributed by atoms with Gasteiger partial charge in [0.1, 0.15) is 5.75 Å². The number of rotatable bonds is 7. The van der Waals surface area contributed by atoms with Crippen molar-refractivity contribution in [2.45, 2.75) is 43.1 Å². The lowest BCUT2D eigenvalue weighted by Crippen LogP contribution is -2.13. The minimum atomic E-state index is 0.0443. The second-order valence-corrected chi connectivity index (χ2v) is 7.18. The molecule has 0 aromatic heterocycles. The van der Waals surface area contributed by atoms with Gasteiger partial charge in [-0.15, -0.1) is 11.8 Å². The maximum Gasteiger partial charge on any atom is 0.225 e. The Balaban J connectivity index is 1.40. The standard InChI is InChI=1S/C20H23NO2S/c22-20(14-15-24-19-8-2-1-3-9-19)21-16-10-12-18(13-11-16)23-17-6-4-5-7-17/h1-3,8-13,17H,4-7,14-15H2,(H,21,22). The van der Waals surface area contributed by atoms with Crippen LogP contribution in [-0.4, -0.2) is 17.8 Å². The van der Waals surface area contributed by atoms with Crippen LogP contribution in [0.15, 0.2) is 59.5 Å². The van der Waals surface area contributed by atoms with Gasteiger partial charge in [0.25, 0.3) is 0 Å². The molecule has 1 aliphatic rings. The number of hydrogen-bond donors (Lipinski definition) is 1. The van der Waals surface area contributed by atoms with Crippen molar-refractivity contribution < 1.29 is 9.53 Å². The highest BCUT2D eigenvalue weighted by molar-refractivity contribution is 7.99. The van der Waals surface area contributed by atoms with Gasteiger partial charge in [0, 0.05) is 22.8 Å². The maximum atomic E-state index is 12.0. The molecule has 2 aromatic carbocycles. The van der Waals surface area contributed by atoms with Crippen LogP contribution in [0.4, 0.5) is 5.69 Å². The third-order valence-corrected chi connectivity index (χ3v) is 5.10. The minimum absolute atomic E-state index is 0.0443. The SMILES string of the molecule is O=C(CCSc1ccccc1)Nc1ccc(OC2CCCC2)cc1. The predicted octanol–water partition coefficient (Wildman–Crippen LogP) is 5.13. The smallest absolute Gasteiger partial charge is 0.225 e. The number of carbonyl (C=O) groups is 1. The lowest BCUT2D eigenvalue weighted by molar-refractivity contribution is -0.115. The molecule has 4 heteroatoms. The molecular formula is C20H23NO2S. The molecule has 0 radical (unpaired) electrons. The lowest BCUT2D eigenvalue weighted by Gasteiger charge is -2.13. The van der Waals surface area contributed by atoms with Gasteiger partial charge in [-0.2, -0.15) is 0 Å². The normalized spacial score (nSPS) is 14.5. The molecule has 1 amide bonds. The largest absolute Gasteiger partial charge is 0.490 e. The average Bonchev–Trinajstić information content (AvgIpc) is 3.11. The Kier molecular flexibility index (Phi) is 6.19. The van der Waals surface area contributed by atoms with E-state index in [9.17, 15) is 4.79 Å². The first-order valence-corrected chi connectivity index (χ1v) is 9.52. The number of hydrogen-bond acceptors (Lipinski definition) is 3. The number of nitrogens with one attached hydrogen (secondary N) is 1. The van der Waals surface area contributed by atoms with Gasteiger partial charge in [0.05, 0.1) is 6.10 Å². The van der Waals surface area contributed by atoms with Crippen LogP contribution in [0.2, 0.25) is 0 Å². The molecule has 0 heterocycles. The summed E-state index contributed by atoms with van der Waals surface area (Å²) in [5.74, 6) is 1.71. The summed E-state index contributed by atoms with van der Waals surface area (Å²) in [6, 6.07) is 17.8. The first kappa shape index (κ1) is 16.9. The Labute approximate surface area is 147 Å². The van der Waals surface area contributed by atoms with Crippen LogP contribution < -0.4 is 10.1 Å². The number of ether oxygens (including phenoxy) is 1. The Hall–Kier alpha value is -1.94. The molecule has 126 valence electrons. The van der Waals surface area contributed by atoms with Gasteiger partial charge in [-0.25, -0.2) is 0 Å². The molecule has 24 heavy (non-hydrogen) atoms. The molecule has 0 bridgehead atoms.